The van der Waals surface area contributed by atoms with Crippen LogP contribution in [-0.2, 0) is 0 Å². The summed E-state index contributed by atoms with van der Waals surface area (Å²) in [6.45, 7) is 4.73. The van der Waals surface area contributed by atoms with Crippen LogP contribution in [0.15, 0.2) is 42.5 Å². The minimum Gasteiger partial charge on any atom is -0.495 e. The molecule has 0 bridgehead atoms. The Kier molecular flexibility index (Phi) is 6.78. The van der Waals surface area contributed by atoms with Crippen LogP contribution < -0.4 is 10.1 Å². The standard InChI is InChI=1S/C21H26N2O3/c1-5-6-12-23(3)21(25)17-9-7-8-16(14-17)20(24)22-18-13-15(2)10-11-19(18)26-4/h7-11,13-14H,5-6,12H2,1-4H3,(H,22,24). The summed E-state index contributed by atoms with van der Waals surface area (Å²) in [6, 6.07) is 12.4. The van der Waals surface area contributed by atoms with Crippen LogP contribution in [0.5, 0.6) is 5.75 Å². The van der Waals surface area contributed by atoms with Gasteiger partial charge in [-0.05, 0) is 49.2 Å². The van der Waals surface area contributed by atoms with Crippen molar-refractivity contribution in [3.8, 4) is 5.75 Å². The minimum atomic E-state index is -0.278. The van der Waals surface area contributed by atoms with Crippen molar-refractivity contribution in [3.63, 3.8) is 0 Å². The van der Waals surface area contributed by atoms with E-state index in [1.807, 2.05) is 25.1 Å². The molecule has 138 valence electrons. The number of amides is 2. The molecule has 0 spiro atoms. The van der Waals surface area contributed by atoms with Crippen LogP contribution in [0.1, 0.15) is 46.0 Å². The average molecular weight is 354 g/mol. The highest BCUT2D eigenvalue weighted by molar-refractivity contribution is 6.06. The molecule has 1 N–H and O–H groups in total. The van der Waals surface area contributed by atoms with Crippen molar-refractivity contribution >= 4 is 17.5 Å². The first kappa shape index (κ1) is 19.5. The van der Waals surface area contributed by atoms with Gasteiger partial charge in [-0.3, -0.25) is 9.59 Å². The molecule has 0 aliphatic carbocycles. The molecule has 26 heavy (non-hydrogen) atoms. The molecule has 0 aliphatic rings. The number of carbonyl (C=O) groups is 2. The molecule has 0 aromatic heterocycles. The van der Waals surface area contributed by atoms with Gasteiger partial charge in [-0.25, -0.2) is 0 Å². The maximum Gasteiger partial charge on any atom is 0.255 e. The van der Waals surface area contributed by atoms with Crippen molar-refractivity contribution in [2.45, 2.75) is 26.7 Å². The van der Waals surface area contributed by atoms with E-state index in [9.17, 15) is 9.59 Å². The summed E-state index contributed by atoms with van der Waals surface area (Å²) in [5.41, 5.74) is 2.56. The van der Waals surface area contributed by atoms with Crippen molar-refractivity contribution < 1.29 is 14.3 Å². The SMILES string of the molecule is CCCCN(C)C(=O)c1cccc(C(=O)Nc2cc(C)ccc2OC)c1. The van der Waals surface area contributed by atoms with E-state index < -0.39 is 0 Å². The van der Waals surface area contributed by atoms with E-state index in [4.69, 9.17) is 4.74 Å². The molecule has 0 aliphatic heterocycles. The van der Waals surface area contributed by atoms with Crippen LogP contribution in [0.2, 0.25) is 0 Å². The zero-order valence-electron chi connectivity index (χ0n) is 15.8. The lowest BCUT2D eigenvalue weighted by Gasteiger charge is -2.17. The molecule has 0 atom stereocenters. The summed E-state index contributed by atoms with van der Waals surface area (Å²) in [6.07, 6.45) is 1.98. The van der Waals surface area contributed by atoms with E-state index in [-0.39, 0.29) is 11.8 Å². The lowest BCUT2D eigenvalue weighted by molar-refractivity contribution is 0.0793. The quantitative estimate of drug-likeness (QED) is 0.813. The largest absolute Gasteiger partial charge is 0.495 e. The number of hydrogen-bond donors (Lipinski definition) is 1. The zero-order valence-corrected chi connectivity index (χ0v) is 15.8. The fourth-order valence-electron chi connectivity index (χ4n) is 2.62. The first-order valence-electron chi connectivity index (χ1n) is 8.77. The molecule has 0 fully saturated rings. The first-order valence-corrected chi connectivity index (χ1v) is 8.77. The second-order valence-corrected chi connectivity index (χ2v) is 6.32. The number of methoxy groups -OCH3 is 1. The summed E-state index contributed by atoms with van der Waals surface area (Å²) >= 11 is 0. The molecule has 0 radical (unpaired) electrons. The van der Waals surface area contributed by atoms with Gasteiger partial charge < -0.3 is 15.0 Å². The molecule has 5 nitrogen and oxygen atoms in total. The maximum atomic E-state index is 12.6. The van der Waals surface area contributed by atoms with Crippen molar-refractivity contribution in [2.75, 3.05) is 26.0 Å². The highest BCUT2D eigenvalue weighted by Gasteiger charge is 2.15. The molecule has 5 heteroatoms. The summed E-state index contributed by atoms with van der Waals surface area (Å²) in [5.74, 6) is 0.233. The number of hydrogen-bond acceptors (Lipinski definition) is 3. The number of anilines is 1. The van der Waals surface area contributed by atoms with Crippen molar-refractivity contribution in [3.05, 3.63) is 59.2 Å². The average Bonchev–Trinajstić information content (AvgIpc) is 2.65. The summed E-state index contributed by atoms with van der Waals surface area (Å²) < 4.78 is 5.29. The molecule has 0 saturated carbocycles. The van der Waals surface area contributed by atoms with E-state index >= 15 is 0 Å². The number of nitrogens with zero attached hydrogens (tertiary/aromatic N) is 1. The Morgan fingerprint density at radius 1 is 1.12 bits per heavy atom. The fraction of sp³-hybridized carbons (Fsp3) is 0.333. The molecule has 2 amide bonds. The van der Waals surface area contributed by atoms with E-state index in [0.717, 1.165) is 18.4 Å². The normalized spacial score (nSPS) is 10.3. The third kappa shape index (κ3) is 4.85. The van der Waals surface area contributed by atoms with E-state index in [0.29, 0.717) is 29.1 Å². The number of nitrogens with one attached hydrogen (secondary N) is 1. The third-order valence-corrected chi connectivity index (χ3v) is 4.17. The highest BCUT2D eigenvalue weighted by Crippen LogP contribution is 2.25. The second-order valence-electron chi connectivity index (χ2n) is 6.32. The van der Waals surface area contributed by atoms with Crippen LogP contribution in [0, 0.1) is 6.92 Å². The Bertz CT molecular complexity index is 787. The van der Waals surface area contributed by atoms with Gasteiger partial charge in [0.1, 0.15) is 5.75 Å². The highest BCUT2D eigenvalue weighted by atomic mass is 16.5. The molecule has 0 unspecified atom stereocenters. The van der Waals surface area contributed by atoms with Gasteiger partial charge in [-0.15, -0.1) is 0 Å². The Morgan fingerprint density at radius 3 is 2.54 bits per heavy atom. The Morgan fingerprint density at radius 2 is 1.85 bits per heavy atom. The van der Waals surface area contributed by atoms with Gasteiger partial charge in [-0.1, -0.05) is 25.5 Å². The molecule has 0 heterocycles. The van der Waals surface area contributed by atoms with Crippen LogP contribution >= 0.6 is 0 Å². The van der Waals surface area contributed by atoms with Gasteiger partial charge in [-0.2, -0.15) is 0 Å². The number of benzene rings is 2. The van der Waals surface area contributed by atoms with Gasteiger partial charge >= 0.3 is 0 Å². The van der Waals surface area contributed by atoms with Gasteiger partial charge in [0.2, 0.25) is 0 Å². The molecule has 2 aromatic carbocycles. The number of aryl methyl sites for hydroxylation is 1. The maximum absolute atomic E-state index is 12.6. The second kappa shape index (κ2) is 9.04. The van der Waals surface area contributed by atoms with Gasteiger partial charge in [0, 0.05) is 24.7 Å². The number of carbonyl (C=O) groups excluding carboxylic acids is 2. The third-order valence-electron chi connectivity index (χ3n) is 4.17. The van der Waals surface area contributed by atoms with E-state index in [1.165, 1.54) is 0 Å². The van der Waals surface area contributed by atoms with Gasteiger partial charge in [0.25, 0.3) is 11.8 Å². The monoisotopic (exact) mass is 354 g/mol. The summed E-state index contributed by atoms with van der Waals surface area (Å²) in [5, 5.41) is 2.86. The van der Waals surface area contributed by atoms with Gasteiger partial charge in [0.05, 0.1) is 12.8 Å². The Hall–Kier alpha value is -2.82. The zero-order chi connectivity index (χ0) is 19.1. The number of rotatable bonds is 7. The van der Waals surface area contributed by atoms with E-state index in [2.05, 4.69) is 12.2 Å². The predicted octanol–water partition coefficient (Wildman–Crippen LogP) is 4.13. The lowest BCUT2D eigenvalue weighted by atomic mass is 10.1. The van der Waals surface area contributed by atoms with Crippen molar-refractivity contribution in [1.82, 2.24) is 4.90 Å². The lowest BCUT2D eigenvalue weighted by Crippen LogP contribution is -2.28. The van der Waals surface area contributed by atoms with Crippen molar-refractivity contribution in [1.29, 1.82) is 0 Å². The van der Waals surface area contributed by atoms with Crippen LogP contribution in [0.4, 0.5) is 5.69 Å². The molecule has 0 saturated heterocycles. The number of ether oxygens (including phenoxy) is 1. The summed E-state index contributed by atoms with van der Waals surface area (Å²) in [4.78, 5) is 26.8. The molecular formula is C21H26N2O3. The minimum absolute atomic E-state index is 0.0822. The smallest absolute Gasteiger partial charge is 0.255 e. The molecule has 2 aromatic rings. The Labute approximate surface area is 155 Å². The first-order chi connectivity index (χ1) is 12.5. The van der Waals surface area contributed by atoms with Crippen molar-refractivity contribution in [2.24, 2.45) is 0 Å². The van der Waals surface area contributed by atoms with E-state index in [1.54, 1.807) is 43.3 Å². The van der Waals surface area contributed by atoms with Crippen LogP contribution in [-0.4, -0.2) is 37.4 Å². The van der Waals surface area contributed by atoms with Crippen LogP contribution in [0.25, 0.3) is 0 Å². The Balaban J connectivity index is 2.18. The molecule has 2 rings (SSSR count). The predicted molar refractivity (Wildman–Crippen MR) is 104 cm³/mol. The molecular weight excluding hydrogens is 328 g/mol. The number of unbranched alkanes of at least 4 members (excludes halogenated alkanes) is 1. The topological polar surface area (TPSA) is 58.6 Å². The fourth-order valence-corrected chi connectivity index (χ4v) is 2.62. The van der Waals surface area contributed by atoms with Gasteiger partial charge in [0.15, 0.2) is 0 Å². The van der Waals surface area contributed by atoms with Crippen LogP contribution in [0.3, 0.4) is 0 Å². The summed E-state index contributed by atoms with van der Waals surface area (Å²) in [7, 11) is 3.34.